The molecule has 0 bridgehead atoms. The molecule has 0 radical (unpaired) electrons. The average molecular weight is 388 g/mol. The molecule has 0 atom stereocenters. The lowest BCUT2D eigenvalue weighted by molar-refractivity contribution is -0.120. The number of nitrogens with one attached hydrogen (secondary N) is 2. The van der Waals surface area contributed by atoms with E-state index < -0.39 is 0 Å². The third-order valence-electron chi connectivity index (χ3n) is 4.68. The third-order valence-corrected chi connectivity index (χ3v) is 4.68. The molecule has 0 aliphatic heterocycles. The molecule has 0 aromatic heterocycles. The van der Waals surface area contributed by atoms with Crippen LogP contribution in [-0.4, -0.2) is 25.5 Å². The molecule has 0 saturated carbocycles. The number of hydrogen-bond acceptors (Lipinski definition) is 3. The molecule has 0 spiro atoms. The lowest BCUT2D eigenvalue weighted by Gasteiger charge is -2.11. The largest absolute Gasteiger partial charge is 0.496 e. The Hall–Kier alpha value is -3.60. The second-order valence-corrected chi connectivity index (χ2v) is 6.64. The van der Waals surface area contributed by atoms with E-state index in [9.17, 15) is 9.59 Å². The second-order valence-electron chi connectivity index (χ2n) is 6.64. The van der Waals surface area contributed by atoms with Crippen LogP contribution in [0.2, 0.25) is 0 Å². The fraction of sp³-hybridized carbons (Fsp3) is 0.167. The summed E-state index contributed by atoms with van der Waals surface area (Å²) in [4.78, 5) is 23.6. The molecule has 2 amide bonds. The van der Waals surface area contributed by atoms with Gasteiger partial charge in [-0.3, -0.25) is 9.59 Å². The van der Waals surface area contributed by atoms with E-state index in [2.05, 4.69) is 23.3 Å². The van der Waals surface area contributed by atoms with Gasteiger partial charge in [0.05, 0.1) is 13.5 Å². The van der Waals surface area contributed by atoms with Crippen LogP contribution in [0.5, 0.6) is 5.75 Å². The highest BCUT2D eigenvalue weighted by molar-refractivity contribution is 5.98. The van der Waals surface area contributed by atoms with Crippen LogP contribution in [0.25, 0.3) is 10.8 Å². The molecule has 0 fully saturated rings. The molecule has 5 heteroatoms. The number of carbonyl (C=O) groups excluding carboxylic acids is 2. The highest BCUT2D eigenvalue weighted by atomic mass is 16.5. The molecule has 3 aromatic rings. The van der Waals surface area contributed by atoms with E-state index in [1.165, 1.54) is 11.6 Å². The Bertz CT molecular complexity index is 1030. The fourth-order valence-electron chi connectivity index (χ4n) is 3.21. The number of benzene rings is 3. The first-order valence-electron chi connectivity index (χ1n) is 9.44. The van der Waals surface area contributed by atoms with Crippen molar-refractivity contribution >= 4 is 28.3 Å². The maximum absolute atomic E-state index is 12.3. The summed E-state index contributed by atoms with van der Waals surface area (Å²) in [5.74, 6) is 0.549. The number of amides is 2. The maximum Gasteiger partial charge on any atom is 0.247 e. The van der Waals surface area contributed by atoms with Crippen molar-refractivity contribution in [3.05, 3.63) is 84.4 Å². The molecule has 0 aliphatic rings. The first-order chi connectivity index (χ1) is 14.1. The number of methoxy groups -OCH3 is 1. The number of rotatable bonds is 8. The zero-order chi connectivity index (χ0) is 20.6. The molecule has 0 aliphatic carbocycles. The Morgan fingerprint density at radius 2 is 1.72 bits per heavy atom. The Labute approximate surface area is 170 Å². The van der Waals surface area contributed by atoms with Crippen LogP contribution >= 0.6 is 0 Å². The van der Waals surface area contributed by atoms with Crippen LogP contribution in [0, 0.1) is 0 Å². The molecule has 0 unspecified atom stereocenters. The maximum atomic E-state index is 12.3. The van der Waals surface area contributed by atoms with Crippen molar-refractivity contribution in [1.82, 2.24) is 5.32 Å². The topological polar surface area (TPSA) is 67.4 Å². The van der Waals surface area contributed by atoms with E-state index in [1.54, 1.807) is 19.2 Å². The normalized spacial score (nSPS) is 10.4. The van der Waals surface area contributed by atoms with Crippen LogP contribution in [0.4, 0.5) is 5.69 Å². The molecule has 0 saturated heterocycles. The van der Waals surface area contributed by atoms with E-state index in [0.29, 0.717) is 18.7 Å². The highest BCUT2D eigenvalue weighted by Gasteiger charge is 2.08. The molecular weight excluding hydrogens is 364 g/mol. The van der Waals surface area contributed by atoms with E-state index in [-0.39, 0.29) is 11.8 Å². The monoisotopic (exact) mass is 388 g/mol. The molecule has 3 aromatic carbocycles. The van der Waals surface area contributed by atoms with Crippen LogP contribution in [0.1, 0.15) is 11.1 Å². The average Bonchev–Trinajstić information content (AvgIpc) is 2.75. The standard InChI is InChI=1S/C24H24N2O3/c1-3-23(27)26-19-11-8-17(9-12-19)16-24(28)25-15-14-18-10-13-22(29-2)21-7-5-4-6-20(18)21/h3-13H,1,14-16H2,2H3,(H,25,28)(H,26,27). The molecule has 0 heterocycles. The van der Waals surface area contributed by atoms with Gasteiger partial charge in [0, 0.05) is 17.6 Å². The van der Waals surface area contributed by atoms with Gasteiger partial charge in [-0.15, -0.1) is 0 Å². The fourth-order valence-corrected chi connectivity index (χ4v) is 3.21. The number of hydrogen-bond donors (Lipinski definition) is 2. The van der Waals surface area contributed by atoms with Crippen molar-refractivity contribution in [2.45, 2.75) is 12.8 Å². The molecule has 148 valence electrons. The van der Waals surface area contributed by atoms with Gasteiger partial charge in [0.25, 0.3) is 0 Å². The van der Waals surface area contributed by atoms with E-state index >= 15 is 0 Å². The van der Waals surface area contributed by atoms with E-state index in [1.807, 2.05) is 42.5 Å². The molecule has 3 rings (SSSR count). The minimum atomic E-state index is -0.262. The summed E-state index contributed by atoms with van der Waals surface area (Å²) in [5.41, 5.74) is 2.73. The number of carbonyl (C=O) groups is 2. The summed E-state index contributed by atoms with van der Waals surface area (Å²) >= 11 is 0. The number of anilines is 1. The first kappa shape index (κ1) is 20.1. The molecule has 2 N–H and O–H groups in total. The minimum absolute atomic E-state index is 0.0364. The summed E-state index contributed by atoms with van der Waals surface area (Å²) in [6.45, 7) is 3.98. The van der Waals surface area contributed by atoms with E-state index in [0.717, 1.165) is 28.5 Å². The Morgan fingerprint density at radius 3 is 2.41 bits per heavy atom. The summed E-state index contributed by atoms with van der Waals surface area (Å²) in [7, 11) is 1.67. The summed E-state index contributed by atoms with van der Waals surface area (Å²) < 4.78 is 5.43. The number of fused-ring (bicyclic) bond motifs is 1. The Kier molecular flexibility index (Phi) is 6.63. The predicted octanol–water partition coefficient (Wildman–Crippen LogP) is 3.87. The third kappa shape index (κ3) is 5.23. The molecule has 29 heavy (non-hydrogen) atoms. The summed E-state index contributed by atoms with van der Waals surface area (Å²) in [6, 6.07) is 19.3. The minimum Gasteiger partial charge on any atom is -0.496 e. The van der Waals surface area contributed by atoms with Gasteiger partial charge in [-0.25, -0.2) is 0 Å². The van der Waals surface area contributed by atoms with Crippen molar-refractivity contribution in [2.75, 3.05) is 19.0 Å². The summed E-state index contributed by atoms with van der Waals surface area (Å²) in [6.07, 6.45) is 2.25. The van der Waals surface area contributed by atoms with Crippen molar-refractivity contribution in [1.29, 1.82) is 0 Å². The van der Waals surface area contributed by atoms with Gasteiger partial charge in [0.2, 0.25) is 11.8 Å². The van der Waals surface area contributed by atoms with Gasteiger partial charge in [-0.2, -0.15) is 0 Å². The quantitative estimate of drug-likeness (QED) is 0.576. The van der Waals surface area contributed by atoms with Gasteiger partial charge in [0.1, 0.15) is 5.75 Å². The Morgan fingerprint density at radius 1 is 1.00 bits per heavy atom. The predicted molar refractivity (Wildman–Crippen MR) is 116 cm³/mol. The first-order valence-corrected chi connectivity index (χ1v) is 9.44. The molecule has 5 nitrogen and oxygen atoms in total. The Balaban J connectivity index is 1.55. The van der Waals surface area contributed by atoms with Gasteiger partial charge in [0.15, 0.2) is 0 Å². The van der Waals surface area contributed by atoms with Gasteiger partial charge in [-0.1, -0.05) is 49.0 Å². The summed E-state index contributed by atoms with van der Waals surface area (Å²) in [5, 5.41) is 7.87. The van der Waals surface area contributed by atoms with Crippen molar-refractivity contribution in [3.63, 3.8) is 0 Å². The van der Waals surface area contributed by atoms with Crippen molar-refractivity contribution in [2.24, 2.45) is 0 Å². The SMILES string of the molecule is C=CC(=O)Nc1ccc(CC(=O)NCCc2ccc(OC)c3ccccc23)cc1. The van der Waals surface area contributed by atoms with Crippen LogP contribution in [0.3, 0.4) is 0 Å². The number of ether oxygens (including phenoxy) is 1. The zero-order valence-corrected chi connectivity index (χ0v) is 16.4. The molecular formula is C24H24N2O3. The highest BCUT2D eigenvalue weighted by Crippen LogP contribution is 2.28. The second kappa shape index (κ2) is 9.55. The van der Waals surface area contributed by atoms with Crippen LogP contribution < -0.4 is 15.4 Å². The van der Waals surface area contributed by atoms with Crippen LogP contribution in [0.15, 0.2) is 73.3 Å². The smallest absolute Gasteiger partial charge is 0.247 e. The van der Waals surface area contributed by atoms with Gasteiger partial charge in [-0.05, 0) is 47.2 Å². The lowest BCUT2D eigenvalue weighted by atomic mass is 10.0. The van der Waals surface area contributed by atoms with Crippen molar-refractivity contribution in [3.8, 4) is 5.75 Å². The lowest BCUT2D eigenvalue weighted by Crippen LogP contribution is -2.27. The van der Waals surface area contributed by atoms with E-state index in [4.69, 9.17) is 4.74 Å². The van der Waals surface area contributed by atoms with Gasteiger partial charge < -0.3 is 15.4 Å². The van der Waals surface area contributed by atoms with Crippen molar-refractivity contribution < 1.29 is 14.3 Å². The van der Waals surface area contributed by atoms with Gasteiger partial charge >= 0.3 is 0 Å². The van der Waals surface area contributed by atoms with Crippen LogP contribution in [-0.2, 0) is 22.4 Å². The zero-order valence-electron chi connectivity index (χ0n) is 16.4.